The molecule has 0 bridgehead atoms. The van der Waals surface area contributed by atoms with Crippen molar-refractivity contribution >= 4 is 5.91 Å². The maximum atomic E-state index is 13.5. The highest BCUT2D eigenvalue weighted by molar-refractivity contribution is 5.93. The number of nitrogens with one attached hydrogen (secondary N) is 1. The highest BCUT2D eigenvalue weighted by atomic mass is 16.2. The van der Waals surface area contributed by atoms with Crippen LogP contribution in [0.25, 0.3) is 11.3 Å². The summed E-state index contributed by atoms with van der Waals surface area (Å²) in [7, 11) is 0. The molecule has 6 nitrogen and oxygen atoms in total. The van der Waals surface area contributed by atoms with Crippen molar-refractivity contribution in [1.82, 2.24) is 24.6 Å². The predicted molar refractivity (Wildman–Crippen MR) is 114 cm³/mol. The van der Waals surface area contributed by atoms with Crippen LogP contribution in [0.1, 0.15) is 60.2 Å². The standard InChI is InChI=1S/C23H29N5O/c1-15(2)12-21-22-24-8-11-27(22)9-5-10-28(21)23(29)20-14-19(25-26-20)18-13-16(3)6-7-17(18)4/h6-8,11,13-15,21H,5,9-10,12H2,1-4H3,(H,25,26). The second-order valence-electron chi connectivity index (χ2n) is 8.46. The summed E-state index contributed by atoms with van der Waals surface area (Å²) in [5.74, 6) is 1.45. The summed E-state index contributed by atoms with van der Waals surface area (Å²) >= 11 is 0. The molecule has 3 aromatic rings. The monoisotopic (exact) mass is 391 g/mol. The number of hydrogen-bond acceptors (Lipinski definition) is 3. The van der Waals surface area contributed by atoms with E-state index in [0.29, 0.717) is 11.6 Å². The third-order valence-corrected chi connectivity index (χ3v) is 5.65. The fourth-order valence-corrected chi connectivity index (χ4v) is 4.17. The Balaban J connectivity index is 1.66. The minimum absolute atomic E-state index is 0.00356. The molecule has 0 spiro atoms. The van der Waals surface area contributed by atoms with Crippen LogP contribution >= 0.6 is 0 Å². The average Bonchev–Trinajstić information content (AvgIpc) is 3.32. The fraction of sp³-hybridized carbons (Fsp3) is 0.435. The molecule has 1 aliphatic rings. The lowest BCUT2D eigenvalue weighted by Crippen LogP contribution is -2.36. The third-order valence-electron chi connectivity index (χ3n) is 5.65. The van der Waals surface area contributed by atoms with Crippen LogP contribution in [0.4, 0.5) is 0 Å². The molecule has 1 amide bonds. The smallest absolute Gasteiger partial charge is 0.272 e. The number of carbonyl (C=O) groups is 1. The number of benzene rings is 1. The molecule has 6 heteroatoms. The number of aromatic nitrogens is 4. The third kappa shape index (κ3) is 3.84. The molecule has 2 aromatic heterocycles. The van der Waals surface area contributed by atoms with Gasteiger partial charge in [0.15, 0.2) is 0 Å². The van der Waals surface area contributed by atoms with Crippen LogP contribution in [0.3, 0.4) is 0 Å². The van der Waals surface area contributed by atoms with Gasteiger partial charge in [-0.15, -0.1) is 0 Å². The molecular weight excluding hydrogens is 362 g/mol. The first-order chi connectivity index (χ1) is 13.9. The lowest BCUT2D eigenvalue weighted by atomic mass is 10.0. The Morgan fingerprint density at radius 1 is 1.24 bits per heavy atom. The molecule has 152 valence electrons. The van der Waals surface area contributed by atoms with Gasteiger partial charge >= 0.3 is 0 Å². The Morgan fingerprint density at radius 2 is 2.07 bits per heavy atom. The van der Waals surface area contributed by atoms with Crippen molar-refractivity contribution in [2.45, 2.75) is 53.1 Å². The summed E-state index contributed by atoms with van der Waals surface area (Å²) in [6, 6.07) is 8.16. The topological polar surface area (TPSA) is 66.8 Å². The fourth-order valence-electron chi connectivity index (χ4n) is 4.17. The molecule has 0 fully saturated rings. The van der Waals surface area contributed by atoms with E-state index in [1.807, 2.05) is 23.4 Å². The molecule has 0 aliphatic carbocycles. The van der Waals surface area contributed by atoms with Gasteiger partial charge in [0, 0.05) is 31.0 Å². The number of carbonyl (C=O) groups excluding carboxylic acids is 1. The first-order valence-corrected chi connectivity index (χ1v) is 10.4. The van der Waals surface area contributed by atoms with Crippen molar-refractivity contribution in [3.63, 3.8) is 0 Å². The van der Waals surface area contributed by atoms with E-state index in [4.69, 9.17) is 0 Å². The average molecular weight is 392 g/mol. The highest BCUT2D eigenvalue weighted by Gasteiger charge is 2.32. The zero-order valence-electron chi connectivity index (χ0n) is 17.6. The van der Waals surface area contributed by atoms with Crippen molar-refractivity contribution < 1.29 is 4.79 Å². The Hall–Kier alpha value is -2.89. The van der Waals surface area contributed by atoms with E-state index in [9.17, 15) is 4.79 Å². The molecule has 1 atom stereocenters. The second kappa shape index (κ2) is 7.85. The predicted octanol–water partition coefficient (Wildman–Crippen LogP) is 4.52. The van der Waals surface area contributed by atoms with Crippen LogP contribution in [0.5, 0.6) is 0 Å². The maximum absolute atomic E-state index is 13.5. The van der Waals surface area contributed by atoms with Crippen molar-refractivity contribution in [3.8, 4) is 11.3 Å². The summed E-state index contributed by atoms with van der Waals surface area (Å²) in [6.45, 7) is 10.1. The summed E-state index contributed by atoms with van der Waals surface area (Å²) in [5, 5.41) is 7.45. The van der Waals surface area contributed by atoms with Gasteiger partial charge in [-0.3, -0.25) is 9.89 Å². The van der Waals surface area contributed by atoms with Crippen LogP contribution in [0, 0.1) is 19.8 Å². The summed E-state index contributed by atoms with van der Waals surface area (Å²) in [6.07, 6.45) is 5.67. The number of rotatable bonds is 4. The van der Waals surface area contributed by atoms with Crippen LogP contribution in [0.15, 0.2) is 36.7 Å². The number of hydrogen-bond donors (Lipinski definition) is 1. The number of H-pyrrole nitrogens is 1. The molecule has 1 unspecified atom stereocenters. The van der Waals surface area contributed by atoms with E-state index in [2.05, 4.69) is 65.6 Å². The van der Waals surface area contributed by atoms with Crippen LogP contribution in [-0.4, -0.2) is 37.1 Å². The van der Waals surface area contributed by atoms with Gasteiger partial charge in [-0.25, -0.2) is 4.98 Å². The second-order valence-corrected chi connectivity index (χ2v) is 8.46. The Labute approximate surface area is 172 Å². The van der Waals surface area contributed by atoms with Crippen molar-refractivity contribution in [2.75, 3.05) is 6.54 Å². The Morgan fingerprint density at radius 3 is 2.86 bits per heavy atom. The zero-order chi connectivity index (χ0) is 20.5. The van der Waals surface area contributed by atoms with Crippen molar-refractivity contribution in [1.29, 1.82) is 0 Å². The minimum atomic E-state index is -0.0209. The minimum Gasteiger partial charge on any atom is -0.333 e. The molecule has 1 N–H and O–H groups in total. The van der Waals surface area contributed by atoms with Gasteiger partial charge < -0.3 is 9.47 Å². The first kappa shape index (κ1) is 19.4. The van der Waals surface area contributed by atoms with Crippen molar-refractivity contribution in [3.05, 3.63) is 59.3 Å². The van der Waals surface area contributed by atoms with Gasteiger partial charge in [-0.2, -0.15) is 5.10 Å². The van der Waals surface area contributed by atoms with Crippen molar-refractivity contribution in [2.24, 2.45) is 5.92 Å². The molecule has 4 rings (SSSR count). The number of aryl methyl sites for hydroxylation is 3. The van der Waals surface area contributed by atoms with Gasteiger partial charge in [0.05, 0.1) is 11.7 Å². The number of imidazole rings is 1. The number of nitrogens with zero attached hydrogens (tertiary/aromatic N) is 4. The molecule has 0 radical (unpaired) electrons. The Bertz CT molecular complexity index is 1020. The van der Waals surface area contributed by atoms with Crippen LogP contribution in [-0.2, 0) is 6.54 Å². The normalized spacial score (nSPS) is 16.7. The lowest BCUT2D eigenvalue weighted by Gasteiger charge is -2.30. The molecule has 3 heterocycles. The summed E-state index contributed by atoms with van der Waals surface area (Å²) in [4.78, 5) is 20.1. The maximum Gasteiger partial charge on any atom is 0.272 e. The summed E-state index contributed by atoms with van der Waals surface area (Å²) < 4.78 is 2.19. The lowest BCUT2D eigenvalue weighted by molar-refractivity contribution is 0.0646. The Kier molecular flexibility index (Phi) is 5.26. The van der Waals surface area contributed by atoms with E-state index in [0.717, 1.165) is 48.6 Å². The molecular formula is C23H29N5O. The number of amides is 1. The van der Waals surface area contributed by atoms with E-state index >= 15 is 0 Å². The van der Waals surface area contributed by atoms with Crippen LogP contribution < -0.4 is 0 Å². The molecule has 0 saturated carbocycles. The number of aromatic amines is 1. The highest BCUT2D eigenvalue weighted by Crippen LogP contribution is 2.31. The van der Waals surface area contributed by atoms with E-state index < -0.39 is 0 Å². The van der Waals surface area contributed by atoms with Gasteiger partial charge in [-0.1, -0.05) is 31.5 Å². The molecule has 29 heavy (non-hydrogen) atoms. The SMILES string of the molecule is Cc1ccc(C)c(-c2cc(C(=O)N3CCCn4ccnc4C3CC(C)C)[nH]n2)c1. The van der Waals surface area contributed by atoms with Crippen LogP contribution in [0.2, 0.25) is 0 Å². The van der Waals surface area contributed by atoms with Gasteiger partial charge in [-0.05, 0) is 50.3 Å². The molecule has 1 aromatic carbocycles. The van der Waals surface area contributed by atoms with Gasteiger partial charge in [0.25, 0.3) is 5.91 Å². The molecule has 0 saturated heterocycles. The zero-order valence-corrected chi connectivity index (χ0v) is 17.6. The largest absolute Gasteiger partial charge is 0.333 e. The van der Waals surface area contributed by atoms with E-state index in [-0.39, 0.29) is 11.9 Å². The first-order valence-electron chi connectivity index (χ1n) is 10.4. The summed E-state index contributed by atoms with van der Waals surface area (Å²) in [5.41, 5.74) is 4.74. The molecule has 1 aliphatic heterocycles. The van der Waals surface area contributed by atoms with E-state index in [1.165, 1.54) is 5.56 Å². The quantitative estimate of drug-likeness (QED) is 0.711. The van der Waals surface area contributed by atoms with Gasteiger partial charge in [0.2, 0.25) is 0 Å². The van der Waals surface area contributed by atoms with E-state index in [1.54, 1.807) is 0 Å². The number of fused-ring (bicyclic) bond motifs is 1. The van der Waals surface area contributed by atoms with Gasteiger partial charge in [0.1, 0.15) is 11.5 Å².